The first-order valence-electron chi connectivity index (χ1n) is 8.01. The number of hydrogen-bond donors (Lipinski definition) is 2. The van der Waals surface area contributed by atoms with E-state index in [4.69, 9.17) is 29.6 Å². The number of benzene rings is 2. The highest BCUT2D eigenvalue weighted by atomic mass is 35.5. The number of amides is 1. The third kappa shape index (κ3) is 5.98. The molecule has 0 fully saturated rings. The Morgan fingerprint density at radius 1 is 1.19 bits per heavy atom. The van der Waals surface area contributed by atoms with Crippen LogP contribution in [-0.4, -0.2) is 26.9 Å². The van der Waals surface area contributed by atoms with E-state index in [2.05, 4.69) is 16.0 Å². The SMILES string of the molecule is C#CCNS(=O)(=O)c1ccc(C(=O)NC(C)Cc2ccc(Cl)cc2Cl)cc1. The van der Waals surface area contributed by atoms with Crippen LogP contribution in [0.4, 0.5) is 0 Å². The molecule has 1 atom stereocenters. The van der Waals surface area contributed by atoms with Crippen molar-refractivity contribution < 1.29 is 13.2 Å². The smallest absolute Gasteiger partial charge is 0.251 e. The fourth-order valence-corrected chi connectivity index (χ4v) is 3.80. The van der Waals surface area contributed by atoms with Gasteiger partial charge < -0.3 is 5.32 Å². The van der Waals surface area contributed by atoms with E-state index in [0.717, 1.165) is 5.56 Å². The summed E-state index contributed by atoms with van der Waals surface area (Å²) in [7, 11) is -3.69. The Bertz CT molecular complexity index is 967. The summed E-state index contributed by atoms with van der Waals surface area (Å²) in [5.74, 6) is 1.89. The number of rotatable bonds is 7. The maximum atomic E-state index is 12.4. The van der Waals surface area contributed by atoms with Gasteiger partial charge in [0.05, 0.1) is 11.4 Å². The monoisotopic (exact) mass is 424 g/mol. The second-order valence-corrected chi connectivity index (χ2v) is 8.48. The van der Waals surface area contributed by atoms with Crippen LogP contribution in [0.1, 0.15) is 22.8 Å². The summed E-state index contributed by atoms with van der Waals surface area (Å²) in [6, 6.07) is 10.6. The topological polar surface area (TPSA) is 75.3 Å². The van der Waals surface area contributed by atoms with Crippen LogP contribution in [0.3, 0.4) is 0 Å². The molecule has 0 aromatic heterocycles. The Morgan fingerprint density at radius 3 is 2.44 bits per heavy atom. The average Bonchev–Trinajstić information content (AvgIpc) is 2.62. The summed E-state index contributed by atoms with van der Waals surface area (Å²) in [6.07, 6.45) is 5.58. The van der Waals surface area contributed by atoms with Crippen LogP contribution >= 0.6 is 23.2 Å². The van der Waals surface area contributed by atoms with Crippen LogP contribution in [0.2, 0.25) is 10.0 Å². The largest absolute Gasteiger partial charge is 0.349 e. The lowest BCUT2D eigenvalue weighted by Gasteiger charge is -2.15. The molecule has 2 aromatic rings. The first kappa shape index (κ1) is 21.3. The molecule has 8 heteroatoms. The van der Waals surface area contributed by atoms with Crippen molar-refractivity contribution in [3.8, 4) is 12.3 Å². The van der Waals surface area contributed by atoms with Crippen molar-refractivity contribution in [3.05, 3.63) is 63.6 Å². The van der Waals surface area contributed by atoms with Crippen LogP contribution < -0.4 is 10.0 Å². The van der Waals surface area contributed by atoms with Gasteiger partial charge in [0.1, 0.15) is 0 Å². The van der Waals surface area contributed by atoms with Crippen molar-refractivity contribution in [3.63, 3.8) is 0 Å². The van der Waals surface area contributed by atoms with Gasteiger partial charge in [-0.1, -0.05) is 35.2 Å². The molecule has 1 unspecified atom stereocenters. The van der Waals surface area contributed by atoms with Crippen molar-refractivity contribution in [2.75, 3.05) is 6.54 Å². The zero-order valence-electron chi connectivity index (χ0n) is 14.5. The highest BCUT2D eigenvalue weighted by Gasteiger charge is 2.15. The second-order valence-electron chi connectivity index (χ2n) is 5.87. The van der Waals surface area contributed by atoms with Crippen molar-refractivity contribution >= 4 is 39.1 Å². The molecular weight excluding hydrogens is 407 g/mol. The second kappa shape index (κ2) is 9.25. The molecule has 1 amide bonds. The Hall–Kier alpha value is -2.04. The molecule has 0 saturated heterocycles. The highest BCUT2D eigenvalue weighted by molar-refractivity contribution is 7.89. The molecule has 2 aromatic carbocycles. The Kier molecular flexibility index (Phi) is 7.28. The first-order chi connectivity index (χ1) is 12.7. The zero-order valence-corrected chi connectivity index (χ0v) is 16.8. The normalized spacial score (nSPS) is 12.2. The third-order valence-corrected chi connectivity index (χ3v) is 5.71. The number of terminal acetylenes is 1. The van der Waals surface area contributed by atoms with E-state index < -0.39 is 10.0 Å². The maximum absolute atomic E-state index is 12.4. The van der Waals surface area contributed by atoms with E-state index in [1.807, 2.05) is 13.0 Å². The minimum Gasteiger partial charge on any atom is -0.349 e. The summed E-state index contributed by atoms with van der Waals surface area (Å²) in [5, 5.41) is 3.94. The summed E-state index contributed by atoms with van der Waals surface area (Å²) < 4.78 is 26.2. The van der Waals surface area contributed by atoms with E-state index in [0.29, 0.717) is 22.0 Å². The summed E-state index contributed by atoms with van der Waals surface area (Å²) in [5.41, 5.74) is 1.22. The number of sulfonamides is 1. The van der Waals surface area contributed by atoms with Crippen LogP contribution in [0.5, 0.6) is 0 Å². The van der Waals surface area contributed by atoms with Crippen LogP contribution in [0.15, 0.2) is 47.4 Å². The third-order valence-electron chi connectivity index (χ3n) is 3.71. The van der Waals surface area contributed by atoms with E-state index in [1.54, 1.807) is 12.1 Å². The number of hydrogen-bond acceptors (Lipinski definition) is 3. The molecule has 2 N–H and O–H groups in total. The molecule has 27 heavy (non-hydrogen) atoms. The lowest BCUT2D eigenvalue weighted by Crippen LogP contribution is -2.34. The van der Waals surface area contributed by atoms with Crippen LogP contribution in [0.25, 0.3) is 0 Å². The fourth-order valence-electron chi connectivity index (χ4n) is 2.38. The molecule has 0 aliphatic carbocycles. The van der Waals surface area contributed by atoms with Gasteiger partial charge >= 0.3 is 0 Å². The van der Waals surface area contributed by atoms with E-state index >= 15 is 0 Å². The fraction of sp³-hybridized carbons (Fsp3) is 0.211. The molecular formula is C19H18Cl2N2O3S. The molecule has 2 rings (SSSR count). The minimum atomic E-state index is -3.69. The van der Waals surface area contributed by atoms with Gasteiger partial charge in [-0.05, 0) is 55.3 Å². The molecule has 0 aliphatic rings. The van der Waals surface area contributed by atoms with Gasteiger partial charge in [-0.2, -0.15) is 4.72 Å². The number of carbonyl (C=O) groups excluding carboxylic acids is 1. The minimum absolute atomic E-state index is 0.0373. The predicted molar refractivity (Wildman–Crippen MR) is 108 cm³/mol. The van der Waals surface area contributed by atoms with Gasteiger partial charge in [-0.3, -0.25) is 4.79 Å². The summed E-state index contributed by atoms with van der Waals surface area (Å²) in [6.45, 7) is 1.75. The van der Waals surface area contributed by atoms with Crippen molar-refractivity contribution in [1.82, 2.24) is 10.0 Å². The predicted octanol–water partition coefficient (Wildman–Crippen LogP) is 3.27. The molecule has 0 spiro atoms. The number of carbonyl (C=O) groups is 1. The van der Waals surface area contributed by atoms with E-state index in [-0.39, 0.29) is 23.4 Å². The summed E-state index contributed by atoms with van der Waals surface area (Å²) >= 11 is 12.0. The van der Waals surface area contributed by atoms with Crippen molar-refractivity contribution in [2.24, 2.45) is 0 Å². The van der Waals surface area contributed by atoms with Crippen molar-refractivity contribution in [2.45, 2.75) is 24.3 Å². The average molecular weight is 425 g/mol. The van der Waals surface area contributed by atoms with Gasteiger partial charge in [0, 0.05) is 21.7 Å². The number of halogens is 2. The van der Waals surface area contributed by atoms with Gasteiger partial charge in [0.15, 0.2) is 0 Å². The number of nitrogens with one attached hydrogen (secondary N) is 2. The maximum Gasteiger partial charge on any atom is 0.251 e. The van der Waals surface area contributed by atoms with Gasteiger partial charge in [0.2, 0.25) is 10.0 Å². The van der Waals surface area contributed by atoms with Gasteiger partial charge in [-0.15, -0.1) is 6.42 Å². The Labute approximate surface area is 169 Å². The molecule has 142 valence electrons. The zero-order chi connectivity index (χ0) is 20.0. The molecule has 0 heterocycles. The Balaban J connectivity index is 2.02. The molecule has 0 saturated carbocycles. The standard InChI is InChI=1S/C19H18Cl2N2O3S/c1-3-10-22-27(25,26)17-8-5-14(6-9-17)19(24)23-13(2)11-15-4-7-16(20)12-18(15)21/h1,4-9,12-13,22H,10-11H2,2H3,(H,23,24). The molecule has 0 aliphatic heterocycles. The van der Waals surface area contributed by atoms with Crippen LogP contribution in [0, 0.1) is 12.3 Å². The molecule has 0 bridgehead atoms. The highest BCUT2D eigenvalue weighted by Crippen LogP contribution is 2.22. The van der Waals surface area contributed by atoms with Crippen LogP contribution in [-0.2, 0) is 16.4 Å². The van der Waals surface area contributed by atoms with Crippen molar-refractivity contribution in [1.29, 1.82) is 0 Å². The molecule has 0 radical (unpaired) electrons. The van der Waals surface area contributed by atoms with E-state index in [1.165, 1.54) is 24.3 Å². The first-order valence-corrected chi connectivity index (χ1v) is 10.2. The molecule has 5 nitrogen and oxygen atoms in total. The lowest BCUT2D eigenvalue weighted by molar-refractivity contribution is 0.0940. The van der Waals surface area contributed by atoms with Gasteiger partial charge in [0.25, 0.3) is 5.91 Å². The Morgan fingerprint density at radius 2 is 1.85 bits per heavy atom. The lowest BCUT2D eigenvalue weighted by atomic mass is 10.1. The van der Waals surface area contributed by atoms with E-state index in [9.17, 15) is 13.2 Å². The van der Waals surface area contributed by atoms with Gasteiger partial charge in [-0.25, -0.2) is 8.42 Å². The quantitative estimate of drug-likeness (QED) is 0.669. The summed E-state index contributed by atoms with van der Waals surface area (Å²) in [4.78, 5) is 12.4.